The van der Waals surface area contributed by atoms with Gasteiger partial charge in [0.05, 0.1) is 16.9 Å². The Bertz CT molecular complexity index is 708. The van der Waals surface area contributed by atoms with Gasteiger partial charge >= 0.3 is 5.97 Å². The number of benzene rings is 1. The fraction of sp³-hybridized carbons (Fsp3) is 0.400. The third-order valence-electron chi connectivity index (χ3n) is 3.82. The number of carboxylic acid groups (broad SMARTS) is 1. The number of hydrogen-bond donors (Lipinski definition) is 1. The number of nitrogens with zero attached hydrogens (tertiary/aromatic N) is 1. The van der Waals surface area contributed by atoms with Gasteiger partial charge in [-0.15, -0.1) is 0 Å². The van der Waals surface area contributed by atoms with E-state index in [2.05, 4.69) is 0 Å². The van der Waals surface area contributed by atoms with Crippen LogP contribution in [0.25, 0.3) is 0 Å². The van der Waals surface area contributed by atoms with Crippen molar-refractivity contribution < 1.29 is 22.7 Å². The Kier molecular flexibility index (Phi) is 4.39. The third-order valence-corrected chi connectivity index (χ3v) is 5.68. The maximum Gasteiger partial charge on any atom is 0.313 e. The van der Waals surface area contributed by atoms with Gasteiger partial charge in [-0.1, -0.05) is 18.2 Å². The smallest absolute Gasteiger partial charge is 0.313 e. The van der Waals surface area contributed by atoms with E-state index in [0.717, 1.165) is 4.31 Å². The first-order chi connectivity index (χ1) is 10.2. The fourth-order valence-corrected chi connectivity index (χ4v) is 3.62. The third kappa shape index (κ3) is 3.05. The van der Waals surface area contributed by atoms with Crippen molar-refractivity contribution in [3.63, 3.8) is 0 Å². The average molecular weight is 327 g/mol. The van der Waals surface area contributed by atoms with Crippen LogP contribution in [-0.4, -0.2) is 36.9 Å². The number of hydrogen-bond acceptors (Lipinski definition) is 3. The largest absolute Gasteiger partial charge is 0.481 e. The second-order valence-electron chi connectivity index (χ2n) is 5.73. The van der Waals surface area contributed by atoms with Crippen LogP contribution in [-0.2, 0) is 20.2 Å². The lowest BCUT2D eigenvalue weighted by Gasteiger charge is -2.24. The lowest BCUT2D eigenvalue weighted by atomic mass is 9.85. The van der Waals surface area contributed by atoms with Gasteiger partial charge in [0.1, 0.15) is 5.83 Å². The van der Waals surface area contributed by atoms with Crippen LogP contribution in [0.3, 0.4) is 0 Å². The highest BCUT2D eigenvalue weighted by atomic mass is 32.2. The first-order valence-corrected chi connectivity index (χ1v) is 8.28. The number of halogens is 1. The van der Waals surface area contributed by atoms with E-state index in [1.54, 1.807) is 13.8 Å². The molecule has 0 atom stereocenters. The molecule has 1 aliphatic rings. The summed E-state index contributed by atoms with van der Waals surface area (Å²) in [4.78, 5) is 11.2. The highest BCUT2D eigenvalue weighted by Crippen LogP contribution is 2.26. The molecular formula is C15H18FNO4S. The molecule has 0 spiro atoms. The molecule has 120 valence electrons. The first-order valence-electron chi connectivity index (χ1n) is 6.84. The second-order valence-corrected chi connectivity index (χ2v) is 7.67. The monoisotopic (exact) mass is 327 g/mol. The summed E-state index contributed by atoms with van der Waals surface area (Å²) in [5, 5.41) is 9.18. The number of sulfonamides is 1. The Labute approximate surface area is 129 Å². The molecule has 22 heavy (non-hydrogen) atoms. The molecule has 5 nitrogen and oxygen atoms in total. The molecule has 0 unspecified atom stereocenters. The minimum absolute atomic E-state index is 0.0344. The van der Waals surface area contributed by atoms with Crippen LogP contribution in [0, 0.1) is 0 Å². The summed E-state index contributed by atoms with van der Waals surface area (Å²) in [7, 11) is -3.77. The molecule has 1 heterocycles. The van der Waals surface area contributed by atoms with Crippen molar-refractivity contribution in [2.45, 2.75) is 30.6 Å². The normalized spacial score (nSPS) is 17.1. The fourth-order valence-electron chi connectivity index (χ4n) is 2.20. The highest BCUT2D eigenvalue weighted by molar-refractivity contribution is 7.89. The van der Waals surface area contributed by atoms with E-state index in [4.69, 9.17) is 0 Å². The van der Waals surface area contributed by atoms with Crippen LogP contribution in [0.5, 0.6) is 0 Å². The molecule has 1 aliphatic heterocycles. The Hall–Kier alpha value is -1.73. The van der Waals surface area contributed by atoms with Crippen molar-refractivity contribution in [3.8, 4) is 0 Å². The SMILES string of the molecule is CC(C)(C(=O)O)c1ccc(S(=O)(=O)N2CCC=C(F)C2)cc1. The predicted molar refractivity (Wildman–Crippen MR) is 79.7 cm³/mol. The molecule has 1 aromatic carbocycles. The van der Waals surface area contributed by atoms with Crippen LogP contribution in [0.1, 0.15) is 25.8 Å². The van der Waals surface area contributed by atoms with Crippen molar-refractivity contribution in [3.05, 3.63) is 41.7 Å². The number of carbonyl (C=O) groups is 1. The van der Waals surface area contributed by atoms with E-state index < -0.39 is 27.2 Å². The standard InChI is InChI=1S/C15H18FNO4S/c1-15(2,14(18)19)11-5-7-13(8-6-11)22(20,21)17-9-3-4-12(16)10-17/h4-8H,3,9-10H2,1-2H3,(H,18,19). The molecule has 7 heteroatoms. The van der Waals surface area contributed by atoms with Gasteiger partial charge in [-0.2, -0.15) is 4.31 Å². The molecule has 0 saturated heterocycles. The van der Waals surface area contributed by atoms with Gasteiger partial charge in [0.2, 0.25) is 10.0 Å². The van der Waals surface area contributed by atoms with E-state index in [9.17, 15) is 22.7 Å². The average Bonchev–Trinajstić information content (AvgIpc) is 2.47. The molecule has 0 saturated carbocycles. The highest BCUT2D eigenvalue weighted by Gasteiger charge is 2.31. The van der Waals surface area contributed by atoms with Gasteiger partial charge in [0, 0.05) is 6.54 Å². The minimum atomic E-state index is -3.77. The summed E-state index contributed by atoms with van der Waals surface area (Å²) in [5.74, 6) is -1.45. The van der Waals surface area contributed by atoms with Gasteiger partial charge in [0.25, 0.3) is 0 Å². The molecular weight excluding hydrogens is 309 g/mol. The molecule has 0 radical (unpaired) electrons. The van der Waals surface area contributed by atoms with Gasteiger partial charge < -0.3 is 5.11 Å². The Morgan fingerprint density at radius 1 is 1.27 bits per heavy atom. The summed E-state index contributed by atoms with van der Waals surface area (Å²) in [6.07, 6.45) is 1.72. The van der Waals surface area contributed by atoms with Gasteiger partial charge in [0.15, 0.2) is 0 Å². The van der Waals surface area contributed by atoms with Gasteiger partial charge in [-0.3, -0.25) is 4.79 Å². The number of carboxylic acids is 1. The van der Waals surface area contributed by atoms with Gasteiger partial charge in [-0.05, 0) is 38.0 Å². The van der Waals surface area contributed by atoms with E-state index in [1.165, 1.54) is 30.3 Å². The molecule has 1 aromatic rings. The summed E-state index contributed by atoms with van der Waals surface area (Å²) >= 11 is 0. The molecule has 1 N–H and O–H groups in total. The molecule has 0 aromatic heterocycles. The van der Waals surface area contributed by atoms with Crippen molar-refractivity contribution >= 4 is 16.0 Å². The lowest BCUT2D eigenvalue weighted by Crippen LogP contribution is -2.35. The lowest BCUT2D eigenvalue weighted by molar-refractivity contribution is -0.142. The minimum Gasteiger partial charge on any atom is -0.481 e. The summed E-state index contributed by atoms with van der Waals surface area (Å²) < 4.78 is 39.2. The van der Waals surface area contributed by atoms with E-state index in [1.807, 2.05) is 0 Å². The summed E-state index contributed by atoms with van der Waals surface area (Å²) in [6.45, 7) is 3.07. The van der Waals surface area contributed by atoms with Crippen molar-refractivity contribution in [2.75, 3.05) is 13.1 Å². The second kappa shape index (κ2) is 5.81. The Morgan fingerprint density at radius 3 is 2.36 bits per heavy atom. The van der Waals surface area contributed by atoms with Crippen LogP contribution < -0.4 is 0 Å². The quantitative estimate of drug-likeness (QED) is 0.921. The van der Waals surface area contributed by atoms with Crippen molar-refractivity contribution in [2.24, 2.45) is 0 Å². The topological polar surface area (TPSA) is 74.7 Å². The van der Waals surface area contributed by atoms with Crippen molar-refractivity contribution in [1.82, 2.24) is 4.31 Å². The van der Waals surface area contributed by atoms with Crippen LogP contribution in [0.15, 0.2) is 41.1 Å². The van der Waals surface area contributed by atoms with E-state index >= 15 is 0 Å². The van der Waals surface area contributed by atoms with Gasteiger partial charge in [-0.25, -0.2) is 12.8 Å². The zero-order valence-electron chi connectivity index (χ0n) is 12.4. The molecule has 2 rings (SSSR count). The van der Waals surface area contributed by atoms with Crippen LogP contribution in [0.2, 0.25) is 0 Å². The summed E-state index contributed by atoms with van der Waals surface area (Å²) in [6, 6.07) is 5.70. The number of aliphatic carboxylic acids is 1. The molecule has 0 fully saturated rings. The molecule has 0 bridgehead atoms. The van der Waals surface area contributed by atoms with Crippen LogP contribution >= 0.6 is 0 Å². The van der Waals surface area contributed by atoms with E-state index in [-0.39, 0.29) is 18.0 Å². The zero-order valence-corrected chi connectivity index (χ0v) is 13.2. The zero-order chi connectivity index (χ0) is 16.5. The van der Waals surface area contributed by atoms with Crippen molar-refractivity contribution in [1.29, 1.82) is 0 Å². The maximum absolute atomic E-state index is 13.3. The first kappa shape index (κ1) is 16.6. The predicted octanol–water partition coefficient (Wildman–Crippen LogP) is 2.30. The Balaban J connectivity index is 2.30. The summed E-state index contributed by atoms with van der Waals surface area (Å²) in [5.41, 5.74) is -0.605. The molecule has 0 aliphatic carbocycles. The molecule has 0 amide bonds. The number of rotatable bonds is 4. The maximum atomic E-state index is 13.3. The van der Waals surface area contributed by atoms with E-state index in [0.29, 0.717) is 12.0 Å². The Morgan fingerprint density at radius 2 is 1.86 bits per heavy atom. The van der Waals surface area contributed by atoms with Crippen LogP contribution in [0.4, 0.5) is 4.39 Å².